The summed E-state index contributed by atoms with van der Waals surface area (Å²) in [6.07, 6.45) is 3.33. The van der Waals surface area contributed by atoms with Gasteiger partial charge in [-0.05, 0) is 50.5 Å². The minimum atomic E-state index is -0.682. The first kappa shape index (κ1) is 20.5. The molecule has 0 heterocycles. The molecule has 0 spiro atoms. The Bertz CT molecular complexity index is 754. The molecule has 2 aromatic carbocycles. The number of aryl methyl sites for hydroxylation is 1. The van der Waals surface area contributed by atoms with Crippen LogP contribution in [0.2, 0.25) is 0 Å². The molecule has 2 aromatic rings. The number of nitrogens with one attached hydrogen (secondary N) is 2. The second-order valence-corrected chi connectivity index (χ2v) is 6.71. The Morgan fingerprint density at radius 1 is 1.00 bits per heavy atom. The molecular weight excluding hydrogens is 340 g/mol. The van der Waals surface area contributed by atoms with Crippen LogP contribution in [0, 0.1) is 0 Å². The van der Waals surface area contributed by atoms with Gasteiger partial charge in [-0.15, -0.1) is 0 Å². The molecular formula is C22H28N2O3. The van der Waals surface area contributed by atoms with Crippen molar-refractivity contribution in [2.75, 3.05) is 5.32 Å². The van der Waals surface area contributed by atoms with Gasteiger partial charge >= 0.3 is 11.8 Å². The maximum atomic E-state index is 12.1. The van der Waals surface area contributed by atoms with Crippen LogP contribution in [-0.4, -0.2) is 17.9 Å². The van der Waals surface area contributed by atoms with Crippen LogP contribution < -0.4 is 15.4 Å². The number of benzene rings is 2. The molecule has 2 amide bonds. The SMILES string of the molecule is CCCCc1ccc(NC(=O)C(=O)NCc2ccccc2OC(C)C)cc1. The van der Waals surface area contributed by atoms with Crippen LogP contribution in [0.25, 0.3) is 0 Å². The average Bonchev–Trinajstić information content (AvgIpc) is 2.66. The van der Waals surface area contributed by atoms with Gasteiger partial charge in [0, 0.05) is 17.8 Å². The number of hydrogen-bond acceptors (Lipinski definition) is 3. The first-order chi connectivity index (χ1) is 13.0. The third kappa shape index (κ3) is 6.77. The van der Waals surface area contributed by atoms with E-state index in [2.05, 4.69) is 17.6 Å². The van der Waals surface area contributed by atoms with Crippen molar-refractivity contribution in [3.05, 3.63) is 59.7 Å². The van der Waals surface area contributed by atoms with Crippen molar-refractivity contribution in [1.82, 2.24) is 5.32 Å². The van der Waals surface area contributed by atoms with Gasteiger partial charge in [0.05, 0.1) is 6.10 Å². The monoisotopic (exact) mass is 368 g/mol. The van der Waals surface area contributed by atoms with Crippen LogP contribution in [-0.2, 0) is 22.6 Å². The minimum Gasteiger partial charge on any atom is -0.491 e. The summed E-state index contributed by atoms with van der Waals surface area (Å²) < 4.78 is 5.72. The molecule has 0 saturated carbocycles. The van der Waals surface area contributed by atoms with Crippen molar-refractivity contribution in [3.8, 4) is 5.75 Å². The Hall–Kier alpha value is -2.82. The van der Waals surface area contributed by atoms with Crippen LogP contribution >= 0.6 is 0 Å². The minimum absolute atomic E-state index is 0.0328. The predicted octanol–water partition coefficient (Wildman–Crippen LogP) is 4.07. The number of hydrogen-bond donors (Lipinski definition) is 2. The molecule has 0 atom stereocenters. The molecule has 0 radical (unpaired) electrons. The smallest absolute Gasteiger partial charge is 0.313 e. The van der Waals surface area contributed by atoms with Gasteiger partial charge in [0.25, 0.3) is 0 Å². The third-order valence-electron chi connectivity index (χ3n) is 4.01. The van der Waals surface area contributed by atoms with E-state index >= 15 is 0 Å². The Labute approximate surface area is 161 Å². The first-order valence-electron chi connectivity index (χ1n) is 9.42. The molecule has 5 nitrogen and oxygen atoms in total. The van der Waals surface area contributed by atoms with E-state index in [0.717, 1.165) is 24.8 Å². The second kappa shape index (κ2) is 10.4. The van der Waals surface area contributed by atoms with Gasteiger partial charge in [0.15, 0.2) is 0 Å². The molecule has 0 aromatic heterocycles. The Morgan fingerprint density at radius 3 is 2.37 bits per heavy atom. The van der Waals surface area contributed by atoms with E-state index in [9.17, 15) is 9.59 Å². The van der Waals surface area contributed by atoms with Crippen LogP contribution in [0.3, 0.4) is 0 Å². The van der Waals surface area contributed by atoms with Gasteiger partial charge in [0.2, 0.25) is 0 Å². The Balaban J connectivity index is 1.88. The van der Waals surface area contributed by atoms with E-state index in [-0.39, 0.29) is 12.6 Å². The van der Waals surface area contributed by atoms with Gasteiger partial charge in [-0.3, -0.25) is 9.59 Å². The van der Waals surface area contributed by atoms with Gasteiger partial charge in [-0.2, -0.15) is 0 Å². The number of carbonyl (C=O) groups is 2. The Morgan fingerprint density at radius 2 is 1.70 bits per heavy atom. The fourth-order valence-electron chi connectivity index (χ4n) is 2.60. The van der Waals surface area contributed by atoms with Crippen LogP contribution in [0.15, 0.2) is 48.5 Å². The van der Waals surface area contributed by atoms with Crippen molar-refractivity contribution < 1.29 is 14.3 Å². The Kier molecular flexibility index (Phi) is 7.86. The number of ether oxygens (including phenoxy) is 1. The number of rotatable bonds is 8. The van der Waals surface area contributed by atoms with Crippen molar-refractivity contribution in [2.24, 2.45) is 0 Å². The summed E-state index contributed by atoms with van der Waals surface area (Å²) in [5.74, 6) is -0.654. The molecule has 0 aliphatic carbocycles. The highest BCUT2D eigenvalue weighted by Gasteiger charge is 2.14. The molecule has 2 rings (SSSR count). The molecule has 144 valence electrons. The summed E-state index contributed by atoms with van der Waals surface area (Å²) in [5, 5.41) is 5.27. The molecule has 0 fully saturated rings. The average molecular weight is 368 g/mol. The highest BCUT2D eigenvalue weighted by Crippen LogP contribution is 2.19. The number of carbonyl (C=O) groups excluding carboxylic acids is 2. The topological polar surface area (TPSA) is 67.4 Å². The van der Waals surface area contributed by atoms with E-state index in [1.807, 2.05) is 62.4 Å². The normalized spacial score (nSPS) is 10.5. The fraction of sp³-hybridized carbons (Fsp3) is 0.364. The van der Waals surface area contributed by atoms with Gasteiger partial charge in [-0.1, -0.05) is 43.7 Å². The van der Waals surface area contributed by atoms with Gasteiger partial charge < -0.3 is 15.4 Å². The number of unbranched alkanes of at least 4 members (excludes halogenated alkanes) is 1. The largest absolute Gasteiger partial charge is 0.491 e. The summed E-state index contributed by atoms with van der Waals surface area (Å²) in [7, 11) is 0. The number of para-hydroxylation sites is 1. The molecule has 0 aliphatic heterocycles. The summed E-state index contributed by atoms with van der Waals surface area (Å²) in [4.78, 5) is 24.2. The maximum absolute atomic E-state index is 12.1. The summed E-state index contributed by atoms with van der Waals surface area (Å²) in [6.45, 7) is 6.26. The quantitative estimate of drug-likeness (QED) is 0.690. The fourth-order valence-corrected chi connectivity index (χ4v) is 2.60. The van der Waals surface area contributed by atoms with E-state index in [1.165, 1.54) is 5.56 Å². The summed E-state index contributed by atoms with van der Waals surface area (Å²) >= 11 is 0. The predicted molar refractivity (Wildman–Crippen MR) is 108 cm³/mol. The van der Waals surface area contributed by atoms with Crippen molar-refractivity contribution in [1.29, 1.82) is 0 Å². The van der Waals surface area contributed by atoms with Crippen molar-refractivity contribution in [2.45, 2.75) is 52.7 Å². The molecule has 2 N–H and O–H groups in total. The van der Waals surface area contributed by atoms with E-state index in [0.29, 0.717) is 11.4 Å². The third-order valence-corrected chi connectivity index (χ3v) is 4.01. The molecule has 5 heteroatoms. The first-order valence-corrected chi connectivity index (χ1v) is 9.42. The molecule has 0 bridgehead atoms. The van der Waals surface area contributed by atoms with Crippen molar-refractivity contribution in [3.63, 3.8) is 0 Å². The molecule has 0 saturated heterocycles. The lowest BCUT2D eigenvalue weighted by Gasteiger charge is -2.14. The lowest BCUT2D eigenvalue weighted by Crippen LogP contribution is -2.35. The van der Waals surface area contributed by atoms with Crippen LogP contribution in [0.5, 0.6) is 5.75 Å². The molecule has 27 heavy (non-hydrogen) atoms. The highest BCUT2D eigenvalue weighted by atomic mass is 16.5. The number of amides is 2. The zero-order chi connectivity index (χ0) is 19.6. The number of anilines is 1. The standard InChI is InChI=1S/C22H28N2O3/c1-4-5-8-17-11-13-19(14-12-17)24-22(26)21(25)23-15-18-9-6-7-10-20(18)27-16(2)3/h6-7,9-14,16H,4-5,8,15H2,1-3H3,(H,23,25)(H,24,26). The van der Waals surface area contributed by atoms with E-state index in [1.54, 1.807) is 0 Å². The molecule has 0 aliphatic rings. The highest BCUT2D eigenvalue weighted by molar-refractivity contribution is 6.39. The second-order valence-electron chi connectivity index (χ2n) is 6.71. The van der Waals surface area contributed by atoms with Crippen LogP contribution in [0.4, 0.5) is 5.69 Å². The van der Waals surface area contributed by atoms with Gasteiger partial charge in [-0.25, -0.2) is 0 Å². The lowest BCUT2D eigenvalue weighted by molar-refractivity contribution is -0.136. The van der Waals surface area contributed by atoms with Gasteiger partial charge in [0.1, 0.15) is 5.75 Å². The lowest BCUT2D eigenvalue weighted by atomic mass is 10.1. The maximum Gasteiger partial charge on any atom is 0.313 e. The summed E-state index contributed by atoms with van der Waals surface area (Å²) in [5.41, 5.74) is 2.66. The van der Waals surface area contributed by atoms with Crippen LogP contribution in [0.1, 0.15) is 44.7 Å². The van der Waals surface area contributed by atoms with E-state index in [4.69, 9.17) is 4.74 Å². The zero-order valence-corrected chi connectivity index (χ0v) is 16.2. The van der Waals surface area contributed by atoms with E-state index < -0.39 is 11.8 Å². The van der Waals surface area contributed by atoms with Crippen molar-refractivity contribution >= 4 is 17.5 Å². The molecule has 0 unspecified atom stereocenters. The summed E-state index contributed by atoms with van der Waals surface area (Å²) in [6, 6.07) is 15.1. The zero-order valence-electron chi connectivity index (χ0n) is 16.2.